The quantitative estimate of drug-likeness (QED) is 0.657. The lowest BCUT2D eigenvalue weighted by atomic mass is 9.88. The number of rotatable bonds is 5. The van der Waals surface area contributed by atoms with Crippen LogP contribution >= 0.6 is 11.6 Å². The first-order chi connectivity index (χ1) is 15.8. The van der Waals surface area contributed by atoms with Crippen LogP contribution < -0.4 is 15.2 Å². The van der Waals surface area contributed by atoms with Gasteiger partial charge in [0.1, 0.15) is 17.4 Å². The first-order valence-corrected chi connectivity index (χ1v) is 11.1. The fraction of sp³-hybridized carbons (Fsp3) is 0.391. The maximum Gasteiger partial charge on any atom is 0.399 e. The topological polar surface area (TPSA) is 57.2 Å². The number of ether oxygens (including phenoxy) is 1. The molecule has 2 aromatic rings. The molecule has 33 heavy (non-hydrogen) atoms. The zero-order chi connectivity index (χ0) is 23.6. The van der Waals surface area contributed by atoms with Crippen molar-refractivity contribution >= 4 is 28.9 Å². The number of carbonyl (C=O) groups is 1. The lowest BCUT2D eigenvalue weighted by Crippen LogP contribution is -2.50. The summed E-state index contributed by atoms with van der Waals surface area (Å²) in [6, 6.07) is 11.5. The molecule has 0 unspecified atom stereocenters. The van der Waals surface area contributed by atoms with Crippen LogP contribution in [0.4, 0.5) is 18.9 Å². The number of piperidine rings is 1. The number of hydrazone groups is 1. The molecule has 1 fully saturated rings. The molecule has 0 bridgehead atoms. The summed E-state index contributed by atoms with van der Waals surface area (Å²) in [5.41, 5.74) is 2.66. The van der Waals surface area contributed by atoms with Crippen LogP contribution in [0.5, 0.6) is 5.75 Å². The fourth-order valence-electron chi connectivity index (χ4n) is 4.23. The normalized spacial score (nSPS) is 21.6. The first-order valence-electron chi connectivity index (χ1n) is 10.7. The number of hydrogen-bond donors (Lipinski definition) is 1. The van der Waals surface area contributed by atoms with Crippen molar-refractivity contribution in [2.45, 2.75) is 31.5 Å². The molecule has 0 saturated carbocycles. The predicted molar refractivity (Wildman–Crippen MR) is 120 cm³/mol. The average molecular weight is 481 g/mol. The molecule has 2 atom stereocenters. The van der Waals surface area contributed by atoms with E-state index in [0.717, 1.165) is 19.3 Å². The summed E-state index contributed by atoms with van der Waals surface area (Å²) in [6.07, 6.45) is -1.96. The molecule has 1 saturated heterocycles. The van der Waals surface area contributed by atoms with Crippen molar-refractivity contribution in [3.05, 3.63) is 59.1 Å². The Hall–Kier alpha value is -2.78. The molecule has 2 aliphatic heterocycles. The summed E-state index contributed by atoms with van der Waals surface area (Å²) in [5.74, 6) is -2.49. The monoisotopic (exact) mass is 480 g/mol. The Morgan fingerprint density at radius 2 is 1.76 bits per heavy atom. The third kappa shape index (κ3) is 4.94. The molecule has 6 nitrogen and oxygen atoms in total. The number of hydrogen-bond acceptors (Lipinski definition) is 5. The number of para-hydroxylation sites is 1. The van der Waals surface area contributed by atoms with E-state index in [2.05, 4.69) is 10.5 Å². The van der Waals surface area contributed by atoms with Crippen molar-refractivity contribution in [1.29, 1.82) is 0 Å². The van der Waals surface area contributed by atoms with Gasteiger partial charge in [-0.05, 0) is 42.7 Å². The third-order valence-electron chi connectivity index (χ3n) is 5.85. The number of methoxy groups -OCH3 is 1. The molecule has 2 aromatic carbocycles. The number of amides is 1. The highest BCUT2D eigenvalue weighted by molar-refractivity contribution is 6.41. The molecule has 0 radical (unpaired) electrons. The van der Waals surface area contributed by atoms with Crippen LogP contribution in [0.15, 0.2) is 53.6 Å². The van der Waals surface area contributed by atoms with E-state index < -0.39 is 29.8 Å². The number of anilines is 1. The van der Waals surface area contributed by atoms with Gasteiger partial charge in [0.15, 0.2) is 0 Å². The van der Waals surface area contributed by atoms with E-state index in [-0.39, 0.29) is 10.7 Å². The second-order valence-electron chi connectivity index (χ2n) is 8.01. The van der Waals surface area contributed by atoms with Crippen molar-refractivity contribution in [2.24, 2.45) is 11.0 Å². The summed E-state index contributed by atoms with van der Waals surface area (Å²) in [7, 11) is 1.48. The Morgan fingerprint density at radius 1 is 1.09 bits per heavy atom. The van der Waals surface area contributed by atoms with Gasteiger partial charge in [0, 0.05) is 13.1 Å². The third-order valence-corrected chi connectivity index (χ3v) is 6.17. The van der Waals surface area contributed by atoms with E-state index in [1.54, 1.807) is 53.5 Å². The smallest absolute Gasteiger partial charge is 0.399 e. The zero-order valence-corrected chi connectivity index (χ0v) is 18.7. The maximum atomic E-state index is 14.5. The Kier molecular flexibility index (Phi) is 6.81. The number of benzene rings is 2. The predicted octanol–water partition coefficient (Wildman–Crippen LogP) is 4.96. The van der Waals surface area contributed by atoms with Gasteiger partial charge in [-0.15, -0.1) is 0 Å². The fourth-order valence-corrected chi connectivity index (χ4v) is 4.46. The van der Waals surface area contributed by atoms with Crippen molar-refractivity contribution in [2.75, 3.05) is 25.2 Å². The molecule has 4 rings (SSSR count). The van der Waals surface area contributed by atoms with E-state index in [0.29, 0.717) is 24.4 Å². The molecular formula is C23H24ClF3N4O2. The molecule has 2 heterocycles. The number of hydrazine groups is 1. The van der Waals surface area contributed by atoms with E-state index in [4.69, 9.17) is 16.3 Å². The molecule has 1 amide bonds. The van der Waals surface area contributed by atoms with Crippen molar-refractivity contribution < 1.29 is 22.7 Å². The molecule has 0 spiro atoms. The largest absolute Gasteiger partial charge is 0.497 e. The van der Waals surface area contributed by atoms with Crippen molar-refractivity contribution in [3.8, 4) is 5.75 Å². The first kappa shape index (κ1) is 23.4. The van der Waals surface area contributed by atoms with E-state index in [1.165, 1.54) is 12.1 Å². The molecular weight excluding hydrogens is 457 g/mol. The van der Waals surface area contributed by atoms with Crippen molar-refractivity contribution in [1.82, 2.24) is 10.4 Å². The minimum atomic E-state index is -4.72. The Balaban J connectivity index is 1.77. The molecule has 0 aromatic heterocycles. The van der Waals surface area contributed by atoms with Crippen LogP contribution in [0.2, 0.25) is 5.02 Å². The SMILES string of the molecule is COc1ccc([C@H]2[C@H](C(F)(F)F)C(C(=O)NN3CCCCC3)=NN2c2ccccc2Cl)cc1. The van der Waals surface area contributed by atoms with Gasteiger partial charge in [-0.1, -0.05) is 42.3 Å². The van der Waals surface area contributed by atoms with Gasteiger partial charge in [0.25, 0.3) is 5.91 Å². The van der Waals surface area contributed by atoms with Gasteiger partial charge in [-0.25, -0.2) is 5.01 Å². The Morgan fingerprint density at radius 3 is 2.36 bits per heavy atom. The highest BCUT2D eigenvalue weighted by atomic mass is 35.5. The number of nitrogens with zero attached hydrogens (tertiary/aromatic N) is 3. The van der Waals surface area contributed by atoms with E-state index in [9.17, 15) is 18.0 Å². The van der Waals surface area contributed by atoms with Crippen LogP contribution in [0, 0.1) is 5.92 Å². The number of alkyl halides is 3. The van der Waals surface area contributed by atoms with Gasteiger partial charge in [-0.3, -0.25) is 15.2 Å². The highest BCUT2D eigenvalue weighted by Crippen LogP contribution is 2.48. The maximum absolute atomic E-state index is 14.5. The minimum absolute atomic E-state index is 0.235. The van der Waals surface area contributed by atoms with Crippen LogP contribution in [0.1, 0.15) is 30.9 Å². The van der Waals surface area contributed by atoms with Gasteiger partial charge >= 0.3 is 6.18 Å². The van der Waals surface area contributed by atoms with Crippen molar-refractivity contribution in [3.63, 3.8) is 0 Å². The van der Waals surface area contributed by atoms with Crippen LogP contribution in [-0.4, -0.2) is 43.0 Å². The zero-order valence-electron chi connectivity index (χ0n) is 18.0. The Bertz CT molecular complexity index is 1020. The highest BCUT2D eigenvalue weighted by Gasteiger charge is 2.56. The molecule has 1 N–H and O–H groups in total. The second kappa shape index (κ2) is 9.61. The summed E-state index contributed by atoms with van der Waals surface area (Å²) in [4.78, 5) is 13.0. The lowest BCUT2D eigenvalue weighted by molar-refractivity contribution is -0.160. The number of carbonyl (C=O) groups excluding carboxylic acids is 1. The van der Waals surface area contributed by atoms with Gasteiger partial charge < -0.3 is 4.74 Å². The summed E-state index contributed by atoms with van der Waals surface area (Å²) in [6.45, 7) is 1.18. The van der Waals surface area contributed by atoms with Crippen LogP contribution in [0.25, 0.3) is 0 Å². The number of nitrogens with one attached hydrogen (secondary N) is 1. The Labute approximate surface area is 194 Å². The second-order valence-corrected chi connectivity index (χ2v) is 8.41. The van der Waals surface area contributed by atoms with Crippen LogP contribution in [-0.2, 0) is 4.79 Å². The summed E-state index contributed by atoms with van der Waals surface area (Å²) >= 11 is 6.33. The summed E-state index contributed by atoms with van der Waals surface area (Å²) < 4.78 is 48.5. The van der Waals surface area contributed by atoms with Gasteiger partial charge in [-0.2, -0.15) is 18.3 Å². The van der Waals surface area contributed by atoms with E-state index in [1.807, 2.05) is 0 Å². The van der Waals surface area contributed by atoms with E-state index >= 15 is 0 Å². The standard InChI is InChI=1S/C23H24ClF3N4O2/c1-33-16-11-9-15(10-12-16)21-19(23(25,26)27)20(22(32)29-30-13-5-2-6-14-30)28-31(21)18-8-4-3-7-17(18)24/h3-4,7-12,19,21H,2,5-6,13-14H2,1H3,(H,29,32)/t19-,21+/m1/s1. The van der Waals surface area contributed by atoms with Gasteiger partial charge in [0.2, 0.25) is 0 Å². The summed E-state index contributed by atoms with van der Waals surface area (Å²) in [5, 5.41) is 7.30. The molecule has 176 valence electrons. The van der Waals surface area contributed by atoms with Gasteiger partial charge in [0.05, 0.1) is 23.9 Å². The average Bonchev–Trinajstić information content (AvgIpc) is 3.21. The molecule has 0 aliphatic carbocycles. The molecule has 2 aliphatic rings. The van der Waals surface area contributed by atoms with Crippen LogP contribution in [0.3, 0.4) is 0 Å². The lowest BCUT2D eigenvalue weighted by Gasteiger charge is -2.30. The minimum Gasteiger partial charge on any atom is -0.497 e. The number of halogens is 4. The molecule has 10 heteroatoms.